The lowest BCUT2D eigenvalue weighted by Gasteiger charge is -2.30. The fourth-order valence-electron chi connectivity index (χ4n) is 7.06. The van der Waals surface area contributed by atoms with Gasteiger partial charge in [0.2, 0.25) is 11.8 Å². The lowest BCUT2D eigenvalue weighted by molar-refractivity contribution is -0.141. The van der Waals surface area contributed by atoms with E-state index in [0.717, 1.165) is 17.1 Å². The summed E-state index contributed by atoms with van der Waals surface area (Å²) in [5, 5.41) is 8.18. The van der Waals surface area contributed by atoms with Crippen molar-refractivity contribution in [3.63, 3.8) is 0 Å². The second kappa shape index (κ2) is 16.2. The minimum Gasteiger partial charge on any atom is -0.459 e. The van der Waals surface area contributed by atoms with Crippen LogP contribution in [-0.2, 0) is 29.3 Å². The van der Waals surface area contributed by atoms with E-state index in [4.69, 9.17) is 14.5 Å². The predicted molar refractivity (Wildman–Crippen MR) is 203 cm³/mol. The van der Waals surface area contributed by atoms with E-state index in [-0.39, 0.29) is 43.8 Å². The van der Waals surface area contributed by atoms with Crippen molar-refractivity contribution in [2.24, 2.45) is 5.92 Å². The Balaban J connectivity index is 1.52. The second-order valence-corrected chi connectivity index (χ2v) is 17.7. The van der Waals surface area contributed by atoms with Crippen LogP contribution in [0, 0.1) is 5.92 Å². The fourth-order valence-corrected chi connectivity index (χ4v) is 7.66. The van der Waals surface area contributed by atoms with Gasteiger partial charge in [-0.1, -0.05) is 31.1 Å². The molecule has 2 aromatic rings. The predicted octanol–water partition coefficient (Wildman–Crippen LogP) is 2.54. The zero-order valence-corrected chi connectivity index (χ0v) is 33.6. The summed E-state index contributed by atoms with van der Waals surface area (Å²) in [6.07, 6.45) is 5.33. The molecule has 2 aliphatic heterocycles. The van der Waals surface area contributed by atoms with Gasteiger partial charge in [-0.2, -0.15) is 17.7 Å². The number of hydrogen-bond donors (Lipinski definition) is 4. The Hall–Kier alpha value is -4.71. The monoisotopic (exact) mass is 786 g/mol. The summed E-state index contributed by atoms with van der Waals surface area (Å²) in [5.41, 5.74) is -0.989. The number of fused-ring (bicyclic) bond motifs is 3. The van der Waals surface area contributed by atoms with Crippen LogP contribution in [0.4, 0.5) is 4.79 Å². The first kappa shape index (κ1) is 41.5. The molecule has 3 aliphatic rings. The van der Waals surface area contributed by atoms with E-state index in [2.05, 4.69) is 20.7 Å². The molecule has 1 aromatic heterocycles. The molecule has 18 heteroatoms. The molecule has 0 unspecified atom stereocenters. The van der Waals surface area contributed by atoms with Crippen LogP contribution in [0.1, 0.15) is 96.0 Å². The van der Waals surface area contributed by atoms with Crippen molar-refractivity contribution >= 4 is 51.0 Å². The van der Waals surface area contributed by atoms with Crippen molar-refractivity contribution in [3.05, 3.63) is 35.9 Å². The summed E-state index contributed by atoms with van der Waals surface area (Å²) in [6.45, 7) is 8.93. The van der Waals surface area contributed by atoms with Gasteiger partial charge in [-0.05, 0) is 72.4 Å². The quantitative estimate of drug-likeness (QED) is 0.288. The molecule has 3 heterocycles. The average Bonchev–Trinajstić information content (AvgIpc) is 3.42. The molecule has 2 fully saturated rings. The highest BCUT2D eigenvalue weighted by Crippen LogP contribution is 2.46. The molecule has 4 N–H and O–H groups in total. The number of nitrogens with zero attached hydrogens (tertiary/aromatic N) is 4. The fraction of sp³-hybridized carbons (Fsp3) is 0.622. The molecule has 0 radical (unpaired) electrons. The van der Waals surface area contributed by atoms with Crippen LogP contribution in [0.25, 0.3) is 11.0 Å². The third-order valence-electron chi connectivity index (χ3n) is 9.99. The zero-order chi connectivity index (χ0) is 40.5. The van der Waals surface area contributed by atoms with Gasteiger partial charge in [-0.15, -0.1) is 0 Å². The van der Waals surface area contributed by atoms with Gasteiger partial charge in [-0.25, -0.2) is 9.52 Å². The van der Waals surface area contributed by atoms with E-state index in [1.54, 1.807) is 32.9 Å². The summed E-state index contributed by atoms with van der Waals surface area (Å²) in [7, 11) is -0.0988. The number of alkyl carbamates (subject to hydrolysis) is 1. The van der Waals surface area contributed by atoms with Crippen molar-refractivity contribution in [3.8, 4) is 6.01 Å². The highest BCUT2D eigenvalue weighted by molar-refractivity contribution is 7.87. The van der Waals surface area contributed by atoms with Gasteiger partial charge >= 0.3 is 16.3 Å². The summed E-state index contributed by atoms with van der Waals surface area (Å²) in [6, 6.07) is 3.04. The van der Waals surface area contributed by atoms with Gasteiger partial charge in [0.25, 0.3) is 17.8 Å². The van der Waals surface area contributed by atoms with E-state index in [1.165, 1.54) is 26.0 Å². The van der Waals surface area contributed by atoms with Crippen molar-refractivity contribution < 1.29 is 41.9 Å². The van der Waals surface area contributed by atoms with Crippen LogP contribution >= 0.6 is 0 Å². The number of amides is 5. The smallest absolute Gasteiger partial charge is 0.408 e. The minimum absolute atomic E-state index is 0.0193. The first-order valence-corrected chi connectivity index (χ1v) is 20.1. The molecule has 5 atom stereocenters. The maximum atomic E-state index is 14.5. The number of nitrogens with one attached hydrogen (secondary N) is 4. The van der Waals surface area contributed by atoms with Gasteiger partial charge in [0.15, 0.2) is 0 Å². The van der Waals surface area contributed by atoms with Crippen molar-refractivity contribution in [2.75, 3.05) is 27.7 Å². The molecule has 5 rings (SSSR count). The summed E-state index contributed by atoms with van der Waals surface area (Å²) in [5.74, 6) is -2.92. The van der Waals surface area contributed by atoms with E-state index in [1.807, 2.05) is 36.6 Å². The van der Waals surface area contributed by atoms with Crippen molar-refractivity contribution in [2.45, 2.75) is 115 Å². The molecular weight excluding hydrogens is 733 g/mol. The summed E-state index contributed by atoms with van der Waals surface area (Å²) >= 11 is 0. The molecular formula is C37H54N8O9S. The maximum Gasteiger partial charge on any atom is 0.408 e. The minimum atomic E-state index is -4.19. The Kier molecular flexibility index (Phi) is 12.2. The molecule has 0 bridgehead atoms. The number of para-hydroxylation sites is 1. The number of hydrogen-bond acceptors (Lipinski definition) is 10. The van der Waals surface area contributed by atoms with Gasteiger partial charge < -0.3 is 30.3 Å². The molecule has 302 valence electrons. The number of allylic oxidation sites excluding steroid dienone is 1. The third-order valence-corrected chi connectivity index (χ3v) is 11.4. The number of benzene rings is 1. The van der Waals surface area contributed by atoms with E-state index in [9.17, 15) is 32.4 Å². The topological polar surface area (TPSA) is 210 Å². The second-order valence-electron chi connectivity index (χ2n) is 15.8. The van der Waals surface area contributed by atoms with Crippen LogP contribution in [0.3, 0.4) is 0 Å². The van der Waals surface area contributed by atoms with E-state index >= 15 is 0 Å². The summed E-state index contributed by atoms with van der Waals surface area (Å²) < 4.78 is 42.2. The standard InChI is InChI=1S/C37H54N8O9S/c1-22(2)45-27-18-14-16-25(30(46)38-6)29(27)40-34(45)53-24-19-28-31(47)41-37(33(49)42-55(51,52)43(7)8)20-23(37)15-12-10-9-11-13-17-26(32(48)44(28)21-24)39-35(50)54-36(3,4)5/h12,14-16,18,22-24,26,28H,9-11,13,17,19-21H2,1-8H3,(H,38,46)(H,39,50)(H,41,47)(H,42,49)/b15-12-/t23-,24-,26+,28+,37-/m1/s1. The number of carbonyl (C=O) groups is 5. The van der Waals surface area contributed by atoms with E-state index in [0.29, 0.717) is 29.4 Å². The van der Waals surface area contributed by atoms with Crippen LogP contribution in [0.15, 0.2) is 30.4 Å². The van der Waals surface area contributed by atoms with Crippen molar-refractivity contribution in [1.29, 1.82) is 0 Å². The Morgan fingerprint density at radius 1 is 1.11 bits per heavy atom. The highest BCUT2D eigenvalue weighted by Gasteiger charge is 2.61. The SMILES string of the molecule is CNC(=O)c1cccc2c1nc(O[C@@H]1C[C@H]3C(=O)N[C@]4(C(=O)NS(=O)(=O)N(C)C)C[C@H]4/C=C\CCCCC[C@H](NC(=O)OC(C)(C)C)C(=O)N3C1)n2C(C)C. The number of rotatable bonds is 8. The molecule has 1 saturated heterocycles. The van der Waals surface area contributed by atoms with Crippen molar-refractivity contribution in [1.82, 2.24) is 39.4 Å². The average molecular weight is 787 g/mol. The van der Waals surface area contributed by atoms with Gasteiger partial charge in [-0.3, -0.25) is 23.7 Å². The largest absolute Gasteiger partial charge is 0.459 e. The van der Waals surface area contributed by atoms with Gasteiger partial charge in [0.1, 0.15) is 34.8 Å². The Bertz CT molecular complexity index is 1950. The third kappa shape index (κ3) is 9.23. The summed E-state index contributed by atoms with van der Waals surface area (Å²) in [4.78, 5) is 74.4. The molecule has 17 nitrogen and oxygen atoms in total. The molecule has 0 spiro atoms. The lowest BCUT2D eigenvalue weighted by Crippen LogP contribution is -2.58. The molecule has 5 amide bonds. The zero-order valence-electron chi connectivity index (χ0n) is 32.8. The van der Waals surface area contributed by atoms with Crippen LogP contribution in [0.5, 0.6) is 6.01 Å². The number of carbonyl (C=O) groups excluding carboxylic acids is 5. The van der Waals surface area contributed by atoms with Gasteiger partial charge in [0, 0.05) is 39.5 Å². The lowest BCUT2D eigenvalue weighted by atomic mass is 10.0. The van der Waals surface area contributed by atoms with E-state index < -0.39 is 69.3 Å². The van der Waals surface area contributed by atoms with Gasteiger partial charge in [0.05, 0.1) is 17.6 Å². The molecule has 1 aromatic carbocycles. The molecule has 55 heavy (non-hydrogen) atoms. The normalized spacial score (nSPS) is 25.6. The van der Waals surface area contributed by atoms with Crippen LogP contribution in [0.2, 0.25) is 0 Å². The number of aromatic nitrogens is 2. The first-order chi connectivity index (χ1) is 25.8. The first-order valence-electron chi connectivity index (χ1n) is 18.7. The number of ether oxygens (including phenoxy) is 2. The Morgan fingerprint density at radius 3 is 2.49 bits per heavy atom. The highest BCUT2D eigenvalue weighted by atomic mass is 32.2. The Morgan fingerprint density at radius 2 is 1.84 bits per heavy atom. The van der Waals surface area contributed by atoms with Crippen LogP contribution in [-0.4, -0.2) is 114 Å². The maximum absolute atomic E-state index is 14.5. The molecule has 1 saturated carbocycles. The van der Waals surface area contributed by atoms with Crippen LogP contribution < -0.4 is 25.4 Å². The molecule has 1 aliphatic carbocycles. The number of imidazole rings is 1. The Labute approximate surface area is 322 Å².